The number of carbonyl (C=O) groups is 1. The smallest absolute Gasteiger partial charge is 0.246 e. The average Bonchev–Trinajstić information content (AvgIpc) is 3.31. The average molecular weight is 324 g/mol. The van der Waals surface area contributed by atoms with E-state index < -0.39 is 0 Å². The second-order valence-electron chi connectivity index (χ2n) is 6.40. The van der Waals surface area contributed by atoms with Gasteiger partial charge < -0.3 is 9.64 Å². The summed E-state index contributed by atoms with van der Waals surface area (Å²) in [4.78, 5) is 14.0. The molecule has 2 heterocycles. The van der Waals surface area contributed by atoms with Crippen LogP contribution in [0.4, 0.5) is 0 Å². The normalized spacial score (nSPS) is 18.0. The highest BCUT2D eigenvalue weighted by Crippen LogP contribution is 2.39. The van der Waals surface area contributed by atoms with Crippen molar-refractivity contribution in [3.63, 3.8) is 0 Å². The Kier molecular flexibility index (Phi) is 3.80. The number of hydrogen-bond acceptors (Lipinski definition) is 4. The van der Waals surface area contributed by atoms with Crippen LogP contribution in [0.5, 0.6) is 5.75 Å². The molecular weight excluding hydrogens is 304 g/mol. The van der Waals surface area contributed by atoms with Crippen LogP contribution < -0.4 is 4.74 Å². The second-order valence-corrected chi connectivity index (χ2v) is 6.40. The summed E-state index contributed by atoms with van der Waals surface area (Å²) in [6, 6.07) is 7.87. The molecule has 2 aromatic rings. The lowest BCUT2D eigenvalue weighted by atomic mass is 10.1. The van der Waals surface area contributed by atoms with Crippen molar-refractivity contribution in [2.24, 2.45) is 0 Å². The third-order valence-corrected chi connectivity index (χ3v) is 4.61. The summed E-state index contributed by atoms with van der Waals surface area (Å²) in [5.74, 6) is 1.45. The summed E-state index contributed by atoms with van der Waals surface area (Å²) in [6.07, 6.45) is 7.94. The number of ether oxygens (including phenoxy) is 1. The van der Waals surface area contributed by atoms with Crippen LogP contribution in [-0.2, 0) is 4.79 Å². The van der Waals surface area contributed by atoms with E-state index in [9.17, 15) is 4.79 Å². The Morgan fingerprint density at radius 1 is 1.25 bits per heavy atom. The number of rotatable bonds is 5. The monoisotopic (exact) mass is 324 g/mol. The molecule has 0 atom stereocenters. The Bertz CT molecular complexity index is 756. The summed E-state index contributed by atoms with van der Waals surface area (Å²) in [5.41, 5.74) is 2.07. The maximum absolute atomic E-state index is 12.2. The minimum Gasteiger partial charge on any atom is -0.497 e. The molecule has 0 unspecified atom stereocenters. The highest BCUT2D eigenvalue weighted by atomic mass is 16.5. The van der Waals surface area contributed by atoms with Crippen molar-refractivity contribution in [2.75, 3.05) is 20.2 Å². The van der Waals surface area contributed by atoms with Crippen LogP contribution in [0.1, 0.15) is 36.1 Å². The van der Waals surface area contributed by atoms with Crippen molar-refractivity contribution in [1.82, 2.24) is 19.9 Å². The Hall–Kier alpha value is -2.63. The first kappa shape index (κ1) is 14.9. The van der Waals surface area contributed by atoms with E-state index >= 15 is 0 Å². The zero-order chi connectivity index (χ0) is 16.5. The Morgan fingerprint density at radius 3 is 2.67 bits per heavy atom. The standard InChI is InChI=1S/C18H20N4O2/c1-24-16-7-2-13(3-8-16)4-9-18(23)21-10-15(11-21)22-12-17(19-20-22)14-5-6-14/h2-4,7-9,12,14-15H,5-6,10-11H2,1H3/b9-4+. The molecule has 1 aliphatic heterocycles. The van der Waals surface area contributed by atoms with Crippen LogP contribution in [0, 0.1) is 0 Å². The number of nitrogens with zero attached hydrogens (tertiary/aromatic N) is 4. The molecule has 1 aromatic heterocycles. The van der Waals surface area contributed by atoms with Gasteiger partial charge in [-0.3, -0.25) is 4.79 Å². The number of carbonyl (C=O) groups excluding carboxylic acids is 1. The van der Waals surface area contributed by atoms with Gasteiger partial charge in [0.05, 0.1) is 18.8 Å². The first-order chi connectivity index (χ1) is 11.7. The maximum atomic E-state index is 12.2. The molecule has 4 rings (SSSR count). The van der Waals surface area contributed by atoms with Gasteiger partial charge in [-0.1, -0.05) is 17.3 Å². The van der Waals surface area contributed by atoms with Crippen molar-refractivity contribution in [3.8, 4) is 5.75 Å². The lowest BCUT2D eigenvalue weighted by Gasteiger charge is -2.38. The Balaban J connectivity index is 1.30. The lowest BCUT2D eigenvalue weighted by Crippen LogP contribution is -2.50. The van der Waals surface area contributed by atoms with Gasteiger partial charge in [0.25, 0.3) is 0 Å². The first-order valence-electron chi connectivity index (χ1n) is 8.25. The Labute approximate surface area is 140 Å². The quantitative estimate of drug-likeness (QED) is 0.792. The highest BCUT2D eigenvalue weighted by molar-refractivity contribution is 5.92. The van der Waals surface area contributed by atoms with Crippen LogP contribution in [0.2, 0.25) is 0 Å². The van der Waals surface area contributed by atoms with Gasteiger partial charge in [0.15, 0.2) is 0 Å². The molecule has 1 aliphatic carbocycles. The first-order valence-corrected chi connectivity index (χ1v) is 8.25. The van der Waals surface area contributed by atoms with E-state index in [4.69, 9.17) is 4.74 Å². The van der Waals surface area contributed by atoms with E-state index in [1.807, 2.05) is 46.1 Å². The number of likely N-dealkylation sites (tertiary alicyclic amines) is 1. The molecule has 0 N–H and O–H groups in total. The number of amides is 1. The highest BCUT2D eigenvalue weighted by Gasteiger charge is 2.33. The van der Waals surface area contributed by atoms with E-state index in [2.05, 4.69) is 10.3 Å². The van der Waals surface area contributed by atoms with Crippen molar-refractivity contribution in [1.29, 1.82) is 0 Å². The van der Waals surface area contributed by atoms with Crippen LogP contribution in [-0.4, -0.2) is 46.0 Å². The topological polar surface area (TPSA) is 60.2 Å². The number of benzene rings is 1. The lowest BCUT2D eigenvalue weighted by molar-refractivity contribution is -0.131. The fourth-order valence-corrected chi connectivity index (χ4v) is 2.83. The van der Waals surface area contributed by atoms with Crippen LogP contribution in [0.15, 0.2) is 36.5 Å². The largest absolute Gasteiger partial charge is 0.497 e. The van der Waals surface area contributed by atoms with Crippen molar-refractivity contribution >= 4 is 12.0 Å². The van der Waals surface area contributed by atoms with E-state index in [0.29, 0.717) is 19.0 Å². The molecule has 2 fully saturated rings. The van der Waals surface area contributed by atoms with Gasteiger partial charge in [-0.05, 0) is 36.6 Å². The Morgan fingerprint density at radius 2 is 2.00 bits per heavy atom. The second kappa shape index (κ2) is 6.11. The minimum atomic E-state index is 0.0320. The van der Waals surface area contributed by atoms with E-state index in [1.165, 1.54) is 12.8 Å². The van der Waals surface area contributed by atoms with Gasteiger partial charge in [0, 0.05) is 31.3 Å². The van der Waals surface area contributed by atoms with Crippen molar-refractivity contribution in [2.45, 2.75) is 24.8 Å². The zero-order valence-corrected chi connectivity index (χ0v) is 13.6. The molecule has 1 saturated carbocycles. The fourth-order valence-electron chi connectivity index (χ4n) is 2.83. The van der Waals surface area contributed by atoms with Gasteiger partial charge in [-0.25, -0.2) is 4.68 Å². The summed E-state index contributed by atoms with van der Waals surface area (Å²) in [6.45, 7) is 1.39. The van der Waals surface area contributed by atoms with Crippen molar-refractivity contribution in [3.05, 3.63) is 47.8 Å². The van der Waals surface area contributed by atoms with Crippen LogP contribution >= 0.6 is 0 Å². The van der Waals surface area contributed by atoms with Crippen molar-refractivity contribution < 1.29 is 9.53 Å². The maximum Gasteiger partial charge on any atom is 0.246 e. The summed E-state index contributed by atoms with van der Waals surface area (Å²) in [5, 5.41) is 8.43. The minimum absolute atomic E-state index is 0.0320. The van der Waals surface area contributed by atoms with Gasteiger partial charge in [0.1, 0.15) is 5.75 Å². The molecule has 0 radical (unpaired) electrons. The number of methoxy groups -OCH3 is 1. The molecular formula is C18H20N4O2. The fraction of sp³-hybridized carbons (Fsp3) is 0.389. The van der Waals surface area contributed by atoms with Gasteiger partial charge in [0.2, 0.25) is 5.91 Å². The zero-order valence-electron chi connectivity index (χ0n) is 13.6. The predicted molar refractivity (Wildman–Crippen MR) is 89.6 cm³/mol. The summed E-state index contributed by atoms with van der Waals surface area (Å²) >= 11 is 0. The number of hydrogen-bond donors (Lipinski definition) is 0. The third kappa shape index (κ3) is 3.04. The SMILES string of the molecule is COc1ccc(/C=C/C(=O)N2CC(n3cc(C4CC4)nn3)C2)cc1. The molecule has 2 aliphatic rings. The summed E-state index contributed by atoms with van der Waals surface area (Å²) < 4.78 is 7.03. The molecule has 24 heavy (non-hydrogen) atoms. The van der Waals surface area contributed by atoms with Gasteiger partial charge in [-0.2, -0.15) is 0 Å². The molecule has 6 heteroatoms. The molecule has 1 aromatic carbocycles. The van der Waals surface area contributed by atoms with Crippen LogP contribution in [0.3, 0.4) is 0 Å². The predicted octanol–water partition coefficient (Wildman–Crippen LogP) is 2.26. The van der Waals surface area contributed by atoms with E-state index in [1.54, 1.807) is 13.2 Å². The number of aromatic nitrogens is 3. The third-order valence-electron chi connectivity index (χ3n) is 4.61. The van der Waals surface area contributed by atoms with Gasteiger partial charge in [-0.15, -0.1) is 5.10 Å². The van der Waals surface area contributed by atoms with E-state index in [0.717, 1.165) is 17.0 Å². The molecule has 6 nitrogen and oxygen atoms in total. The molecule has 1 amide bonds. The van der Waals surface area contributed by atoms with E-state index in [-0.39, 0.29) is 11.9 Å². The van der Waals surface area contributed by atoms with Gasteiger partial charge >= 0.3 is 0 Å². The molecule has 0 bridgehead atoms. The summed E-state index contributed by atoms with van der Waals surface area (Å²) in [7, 11) is 1.64. The molecule has 124 valence electrons. The van der Waals surface area contributed by atoms with Crippen LogP contribution in [0.25, 0.3) is 6.08 Å². The molecule has 0 spiro atoms. The molecule has 1 saturated heterocycles.